The van der Waals surface area contributed by atoms with E-state index >= 15 is 0 Å². The molecular weight excluding hydrogens is 341 g/mol. The van der Waals surface area contributed by atoms with E-state index in [0.29, 0.717) is 22.5 Å². The molecule has 0 atom stereocenters. The number of nitrogens with zero attached hydrogens (tertiary/aromatic N) is 2. The van der Waals surface area contributed by atoms with Crippen molar-refractivity contribution in [2.75, 3.05) is 0 Å². The summed E-state index contributed by atoms with van der Waals surface area (Å²) >= 11 is 18.1. The molecule has 1 aromatic heterocycles. The summed E-state index contributed by atoms with van der Waals surface area (Å²) < 4.78 is 28.2. The van der Waals surface area contributed by atoms with Crippen molar-refractivity contribution in [3.8, 4) is 5.69 Å². The number of imidazole rings is 1. The molecule has 21 heavy (non-hydrogen) atoms. The molecule has 0 radical (unpaired) electrons. The first-order chi connectivity index (χ1) is 10.0. The maximum atomic E-state index is 13.3. The summed E-state index contributed by atoms with van der Waals surface area (Å²) in [5.74, 6) is -0.450. The van der Waals surface area contributed by atoms with Crippen LogP contribution in [0.3, 0.4) is 0 Å². The molecule has 0 bridgehead atoms. The smallest absolute Gasteiger partial charge is 0.129 e. The number of benzene rings is 2. The average Bonchev–Trinajstić information content (AvgIpc) is 2.75. The lowest BCUT2D eigenvalue weighted by Crippen LogP contribution is -2.01. The van der Waals surface area contributed by atoms with Crippen LogP contribution in [0.4, 0.5) is 8.78 Å². The monoisotopic (exact) mass is 346 g/mol. The van der Waals surface area contributed by atoms with E-state index in [2.05, 4.69) is 4.98 Å². The quantitative estimate of drug-likeness (QED) is 0.571. The van der Waals surface area contributed by atoms with Gasteiger partial charge in [0.2, 0.25) is 0 Å². The van der Waals surface area contributed by atoms with Crippen molar-refractivity contribution in [1.82, 2.24) is 9.55 Å². The van der Waals surface area contributed by atoms with Gasteiger partial charge in [-0.25, -0.2) is 13.8 Å². The first-order valence-corrected chi connectivity index (χ1v) is 7.18. The van der Waals surface area contributed by atoms with Gasteiger partial charge in [-0.3, -0.25) is 4.57 Å². The highest BCUT2D eigenvalue weighted by atomic mass is 35.5. The van der Waals surface area contributed by atoms with Crippen molar-refractivity contribution in [2.24, 2.45) is 0 Å². The van der Waals surface area contributed by atoms with E-state index in [1.165, 1.54) is 12.1 Å². The number of halogens is 5. The van der Waals surface area contributed by atoms with Gasteiger partial charge in [0.25, 0.3) is 0 Å². The zero-order valence-electron chi connectivity index (χ0n) is 10.4. The van der Waals surface area contributed by atoms with Crippen molar-refractivity contribution in [2.45, 2.75) is 5.88 Å². The third-order valence-corrected chi connectivity index (χ3v) is 3.83. The van der Waals surface area contributed by atoms with Gasteiger partial charge in [0.1, 0.15) is 17.5 Å². The Hall–Kier alpha value is -1.36. The Kier molecular flexibility index (Phi) is 3.78. The first-order valence-electron chi connectivity index (χ1n) is 5.89. The van der Waals surface area contributed by atoms with Gasteiger partial charge in [-0.05, 0) is 24.3 Å². The summed E-state index contributed by atoms with van der Waals surface area (Å²) in [6.07, 6.45) is 0. The third kappa shape index (κ3) is 2.48. The molecule has 3 rings (SSSR count). The van der Waals surface area contributed by atoms with Gasteiger partial charge in [0.05, 0.1) is 32.6 Å². The average molecular weight is 348 g/mol. The Labute approximate surface area is 133 Å². The van der Waals surface area contributed by atoms with Crippen molar-refractivity contribution >= 4 is 45.8 Å². The van der Waals surface area contributed by atoms with Crippen LogP contribution in [0.25, 0.3) is 16.7 Å². The fraction of sp³-hybridized carbons (Fsp3) is 0.0714. The van der Waals surface area contributed by atoms with E-state index < -0.39 is 11.6 Å². The Morgan fingerprint density at radius 1 is 1.00 bits per heavy atom. The standard InChI is InChI=1S/C14H7Cl3F2N2/c15-6-13-20-11-5-7(18)1-2-12(11)21(13)14-9(16)3-8(19)4-10(14)17/h1-5H,6H2. The van der Waals surface area contributed by atoms with Gasteiger partial charge in [-0.1, -0.05) is 23.2 Å². The van der Waals surface area contributed by atoms with Crippen LogP contribution in [-0.2, 0) is 5.88 Å². The lowest BCUT2D eigenvalue weighted by molar-refractivity contribution is 0.627. The molecule has 0 aliphatic rings. The van der Waals surface area contributed by atoms with Crippen LogP contribution in [0.2, 0.25) is 10.0 Å². The molecular formula is C14H7Cl3F2N2. The van der Waals surface area contributed by atoms with Crippen LogP contribution in [0, 0.1) is 11.6 Å². The number of aromatic nitrogens is 2. The van der Waals surface area contributed by atoms with Crippen molar-refractivity contribution in [3.63, 3.8) is 0 Å². The van der Waals surface area contributed by atoms with Crippen LogP contribution in [0.15, 0.2) is 30.3 Å². The third-order valence-electron chi connectivity index (χ3n) is 3.01. The maximum absolute atomic E-state index is 13.3. The molecule has 0 N–H and O–H groups in total. The summed E-state index contributed by atoms with van der Waals surface area (Å²) in [6.45, 7) is 0. The fourth-order valence-electron chi connectivity index (χ4n) is 2.19. The molecule has 0 aliphatic heterocycles. The molecule has 0 unspecified atom stereocenters. The number of rotatable bonds is 2. The summed E-state index contributed by atoms with van der Waals surface area (Å²) in [6, 6.07) is 6.42. The minimum absolute atomic E-state index is 0.0698. The van der Waals surface area contributed by atoms with Crippen LogP contribution in [0.1, 0.15) is 5.82 Å². The molecule has 0 aliphatic carbocycles. The fourth-order valence-corrected chi connectivity index (χ4v) is 3.00. The normalized spacial score (nSPS) is 11.3. The van der Waals surface area contributed by atoms with Gasteiger partial charge in [-0.2, -0.15) is 0 Å². The van der Waals surface area contributed by atoms with Crippen LogP contribution < -0.4 is 0 Å². The SMILES string of the molecule is Fc1cc(Cl)c(-n2c(CCl)nc3cc(F)ccc32)c(Cl)c1. The van der Waals surface area contributed by atoms with Crippen LogP contribution in [0.5, 0.6) is 0 Å². The van der Waals surface area contributed by atoms with E-state index in [0.717, 1.165) is 12.1 Å². The van der Waals surface area contributed by atoms with Gasteiger partial charge in [-0.15, -0.1) is 11.6 Å². The number of alkyl halides is 1. The first kappa shape index (κ1) is 14.6. The molecule has 0 amide bonds. The number of fused-ring (bicyclic) bond motifs is 1. The molecule has 2 nitrogen and oxygen atoms in total. The van der Waals surface area contributed by atoms with Crippen molar-refractivity contribution in [1.29, 1.82) is 0 Å². The maximum Gasteiger partial charge on any atom is 0.129 e. The summed E-state index contributed by atoms with van der Waals surface area (Å²) in [5, 5.41) is 0.241. The second-order valence-electron chi connectivity index (χ2n) is 4.35. The molecule has 3 aromatic rings. The summed E-state index contributed by atoms with van der Waals surface area (Å²) in [5.41, 5.74) is 1.37. The Morgan fingerprint density at radius 2 is 1.67 bits per heavy atom. The van der Waals surface area contributed by atoms with Crippen molar-refractivity contribution in [3.05, 3.63) is 57.8 Å². The molecule has 0 saturated heterocycles. The minimum atomic E-state index is -0.545. The predicted molar refractivity (Wildman–Crippen MR) is 80.6 cm³/mol. The topological polar surface area (TPSA) is 17.8 Å². The predicted octanol–water partition coefficient (Wildman–Crippen LogP) is 5.35. The van der Waals surface area contributed by atoms with Crippen LogP contribution >= 0.6 is 34.8 Å². The van der Waals surface area contributed by atoms with Crippen molar-refractivity contribution < 1.29 is 8.78 Å². The van der Waals surface area contributed by atoms with E-state index in [1.807, 2.05) is 0 Å². The lowest BCUT2D eigenvalue weighted by atomic mass is 10.2. The van der Waals surface area contributed by atoms with E-state index in [4.69, 9.17) is 34.8 Å². The Morgan fingerprint density at radius 3 is 2.29 bits per heavy atom. The van der Waals surface area contributed by atoms with Gasteiger partial charge >= 0.3 is 0 Å². The lowest BCUT2D eigenvalue weighted by Gasteiger charge is -2.12. The van der Waals surface area contributed by atoms with Gasteiger partial charge in [0.15, 0.2) is 0 Å². The van der Waals surface area contributed by atoms with E-state index in [1.54, 1.807) is 10.6 Å². The number of hydrogen-bond acceptors (Lipinski definition) is 1. The summed E-state index contributed by atoms with van der Waals surface area (Å²) in [7, 11) is 0. The van der Waals surface area contributed by atoms with E-state index in [-0.39, 0.29) is 15.9 Å². The second-order valence-corrected chi connectivity index (χ2v) is 5.43. The zero-order chi connectivity index (χ0) is 15.1. The zero-order valence-corrected chi connectivity index (χ0v) is 12.6. The summed E-state index contributed by atoms with van der Waals surface area (Å²) in [4.78, 5) is 4.25. The van der Waals surface area contributed by atoms with Gasteiger partial charge < -0.3 is 0 Å². The molecule has 2 aromatic carbocycles. The van der Waals surface area contributed by atoms with Gasteiger partial charge in [0, 0.05) is 6.07 Å². The highest BCUT2D eigenvalue weighted by Gasteiger charge is 2.18. The Balaban J connectivity index is 2.39. The molecule has 1 heterocycles. The highest BCUT2D eigenvalue weighted by molar-refractivity contribution is 6.38. The molecule has 0 spiro atoms. The number of hydrogen-bond donors (Lipinski definition) is 0. The highest BCUT2D eigenvalue weighted by Crippen LogP contribution is 2.34. The molecule has 0 fully saturated rings. The molecule has 7 heteroatoms. The molecule has 108 valence electrons. The Bertz CT molecular complexity index is 823. The van der Waals surface area contributed by atoms with E-state index in [9.17, 15) is 8.78 Å². The minimum Gasteiger partial charge on any atom is -0.292 e. The molecule has 0 saturated carbocycles. The second kappa shape index (κ2) is 5.44. The van der Waals surface area contributed by atoms with Crippen LogP contribution in [-0.4, -0.2) is 9.55 Å². The largest absolute Gasteiger partial charge is 0.292 e.